The number of hydrogen-bond donors (Lipinski definition) is 1. The van der Waals surface area contributed by atoms with Gasteiger partial charge in [-0.3, -0.25) is 4.79 Å². The second-order valence-corrected chi connectivity index (χ2v) is 8.30. The van der Waals surface area contributed by atoms with E-state index in [-0.39, 0.29) is 42.2 Å². The molecule has 0 radical (unpaired) electrons. The molecule has 2 aliphatic heterocycles. The summed E-state index contributed by atoms with van der Waals surface area (Å²) in [6.45, 7) is 2.68. The van der Waals surface area contributed by atoms with E-state index < -0.39 is 0 Å². The Bertz CT molecular complexity index is 1010. The number of phenols is 1. The maximum atomic E-state index is 12.8. The predicted molar refractivity (Wildman–Crippen MR) is 111 cm³/mol. The third-order valence-corrected chi connectivity index (χ3v) is 6.79. The highest BCUT2D eigenvalue weighted by atomic mass is 16.7. The first kappa shape index (κ1) is 19.8. The van der Waals surface area contributed by atoms with Crippen molar-refractivity contribution in [1.29, 1.82) is 0 Å². The molecule has 1 saturated heterocycles. The van der Waals surface area contributed by atoms with Crippen LogP contribution in [0.25, 0.3) is 0 Å². The SMILES string of the molecule is CCC[C@@H]1c2cc3c(cc2[C@@H](c2cc(OC)c(O)c(OC)c2)[C@@H]2COC(=O)[C@@H]21)OCO3. The van der Waals surface area contributed by atoms with E-state index >= 15 is 0 Å². The Morgan fingerprint density at radius 2 is 1.65 bits per heavy atom. The van der Waals surface area contributed by atoms with Crippen molar-refractivity contribution in [2.45, 2.75) is 31.6 Å². The van der Waals surface area contributed by atoms with Crippen molar-refractivity contribution in [3.8, 4) is 28.7 Å². The Labute approximate surface area is 180 Å². The summed E-state index contributed by atoms with van der Waals surface area (Å²) >= 11 is 0. The molecule has 1 fully saturated rings. The van der Waals surface area contributed by atoms with Gasteiger partial charge in [-0.25, -0.2) is 0 Å². The Balaban J connectivity index is 1.74. The van der Waals surface area contributed by atoms with E-state index in [4.69, 9.17) is 23.7 Å². The van der Waals surface area contributed by atoms with E-state index in [0.717, 1.165) is 29.5 Å². The van der Waals surface area contributed by atoms with Gasteiger partial charge in [0.05, 0.1) is 26.7 Å². The highest BCUT2D eigenvalue weighted by molar-refractivity contribution is 5.78. The van der Waals surface area contributed by atoms with Gasteiger partial charge < -0.3 is 28.8 Å². The van der Waals surface area contributed by atoms with Crippen molar-refractivity contribution in [2.75, 3.05) is 27.6 Å². The van der Waals surface area contributed by atoms with E-state index in [9.17, 15) is 9.90 Å². The summed E-state index contributed by atoms with van der Waals surface area (Å²) in [5.41, 5.74) is 3.09. The molecule has 2 aromatic carbocycles. The van der Waals surface area contributed by atoms with Crippen LogP contribution >= 0.6 is 0 Å². The van der Waals surface area contributed by atoms with Gasteiger partial charge in [0, 0.05) is 11.8 Å². The number of carbonyl (C=O) groups is 1. The third kappa shape index (κ3) is 2.98. The number of hydrogen-bond acceptors (Lipinski definition) is 7. The van der Waals surface area contributed by atoms with Crippen LogP contribution in [-0.2, 0) is 9.53 Å². The first-order valence-electron chi connectivity index (χ1n) is 10.6. The number of ether oxygens (including phenoxy) is 5. The summed E-state index contributed by atoms with van der Waals surface area (Å²) < 4.78 is 27.7. The second-order valence-electron chi connectivity index (χ2n) is 8.30. The summed E-state index contributed by atoms with van der Waals surface area (Å²) in [5, 5.41) is 10.4. The van der Waals surface area contributed by atoms with Crippen molar-refractivity contribution < 1.29 is 33.6 Å². The molecule has 0 saturated carbocycles. The molecule has 2 aromatic rings. The molecule has 0 unspecified atom stereocenters. The van der Waals surface area contributed by atoms with Gasteiger partial charge in [-0.2, -0.15) is 0 Å². The van der Waals surface area contributed by atoms with Gasteiger partial charge >= 0.3 is 5.97 Å². The highest BCUT2D eigenvalue weighted by Crippen LogP contribution is 2.57. The van der Waals surface area contributed by atoms with Crippen molar-refractivity contribution in [3.63, 3.8) is 0 Å². The zero-order valence-electron chi connectivity index (χ0n) is 17.8. The first-order chi connectivity index (χ1) is 15.1. The molecule has 5 rings (SSSR count). The Hall–Kier alpha value is -3.09. The molecule has 0 spiro atoms. The van der Waals surface area contributed by atoms with E-state index in [1.807, 2.05) is 24.3 Å². The number of rotatable bonds is 5. The Morgan fingerprint density at radius 3 is 2.26 bits per heavy atom. The standard InChI is InChI=1S/C24H26O7/c1-4-5-13-14-8-17-18(31-11-30-17)9-15(14)21(16-10-29-24(26)22(13)16)12-6-19(27-2)23(25)20(7-12)28-3/h6-9,13,16,21-22,25H,4-5,10-11H2,1-3H3/t13-,16+,21-,22-/m1/s1. The normalized spacial score (nSPS) is 25.6. The lowest BCUT2D eigenvalue weighted by atomic mass is 9.62. The highest BCUT2D eigenvalue weighted by Gasteiger charge is 2.52. The van der Waals surface area contributed by atoms with Crippen LogP contribution in [0, 0.1) is 11.8 Å². The monoisotopic (exact) mass is 426 g/mol. The van der Waals surface area contributed by atoms with Gasteiger partial charge in [0.25, 0.3) is 0 Å². The molecular formula is C24H26O7. The number of phenolic OH excluding ortho intramolecular Hbond substituents is 1. The zero-order chi connectivity index (χ0) is 21.7. The van der Waals surface area contributed by atoms with Gasteiger partial charge in [0.1, 0.15) is 0 Å². The summed E-state index contributed by atoms with van der Waals surface area (Å²) in [6, 6.07) is 7.70. The van der Waals surface area contributed by atoms with E-state index in [1.54, 1.807) is 0 Å². The molecule has 0 aromatic heterocycles. The minimum atomic E-state index is -0.233. The fourth-order valence-corrected chi connectivity index (χ4v) is 5.47. The summed E-state index contributed by atoms with van der Waals surface area (Å²) in [4.78, 5) is 12.8. The Kier molecular flexibility index (Phi) is 4.84. The molecule has 0 bridgehead atoms. The first-order valence-corrected chi connectivity index (χ1v) is 10.6. The lowest BCUT2D eigenvalue weighted by molar-refractivity contribution is -0.142. The minimum Gasteiger partial charge on any atom is -0.502 e. The average molecular weight is 426 g/mol. The molecule has 7 heteroatoms. The fraction of sp³-hybridized carbons (Fsp3) is 0.458. The van der Waals surface area contributed by atoms with E-state index in [0.29, 0.717) is 29.6 Å². The largest absolute Gasteiger partial charge is 0.502 e. The maximum absolute atomic E-state index is 12.8. The van der Waals surface area contributed by atoms with Crippen molar-refractivity contribution >= 4 is 5.97 Å². The van der Waals surface area contributed by atoms with Crippen LogP contribution in [0.2, 0.25) is 0 Å². The zero-order valence-corrected chi connectivity index (χ0v) is 17.8. The number of fused-ring (bicyclic) bond motifs is 3. The molecule has 3 aliphatic rings. The number of esters is 1. The summed E-state index contributed by atoms with van der Waals surface area (Å²) in [7, 11) is 3.01. The topological polar surface area (TPSA) is 83.5 Å². The van der Waals surface area contributed by atoms with Gasteiger partial charge in [0.2, 0.25) is 12.5 Å². The minimum absolute atomic E-state index is 0.0316. The molecule has 31 heavy (non-hydrogen) atoms. The molecule has 4 atom stereocenters. The Morgan fingerprint density at radius 1 is 1.00 bits per heavy atom. The molecule has 1 aliphatic carbocycles. The molecule has 0 amide bonds. The third-order valence-electron chi connectivity index (χ3n) is 6.79. The van der Waals surface area contributed by atoms with Crippen LogP contribution in [0.3, 0.4) is 0 Å². The number of carbonyl (C=O) groups excluding carboxylic acids is 1. The van der Waals surface area contributed by atoms with E-state index in [1.165, 1.54) is 14.2 Å². The molecule has 2 heterocycles. The van der Waals surface area contributed by atoms with Crippen LogP contribution < -0.4 is 18.9 Å². The van der Waals surface area contributed by atoms with Crippen molar-refractivity contribution in [1.82, 2.24) is 0 Å². The fourth-order valence-electron chi connectivity index (χ4n) is 5.47. The lowest BCUT2D eigenvalue weighted by Gasteiger charge is -2.39. The van der Waals surface area contributed by atoms with Crippen molar-refractivity contribution in [3.05, 3.63) is 41.0 Å². The smallest absolute Gasteiger partial charge is 0.310 e. The molecule has 7 nitrogen and oxygen atoms in total. The second kappa shape index (κ2) is 7.55. The summed E-state index contributed by atoms with van der Waals surface area (Å²) in [5.74, 6) is 1.54. The molecule has 1 N–H and O–H groups in total. The number of cyclic esters (lactones) is 1. The van der Waals surface area contributed by atoms with Gasteiger partial charge in [0.15, 0.2) is 23.0 Å². The van der Waals surface area contributed by atoms with E-state index in [2.05, 4.69) is 6.92 Å². The lowest BCUT2D eigenvalue weighted by Crippen LogP contribution is -2.34. The van der Waals surface area contributed by atoms with Crippen LogP contribution in [0.5, 0.6) is 28.7 Å². The van der Waals surface area contributed by atoms with Gasteiger partial charge in [-0.15, -0.1) is 0 Å². The quantitative estimate of drug-likeness (QED) is 0.725. The van der Waals surface area contributed by atoms with Gasteiger partial charge in [-0.05, 0) is 53.3 Å². The van der Waals surface area contributed by atoms with Gasteiger partial charge in [-0.1, -0.05) is 13.3 Å². The predicted octanol–water partition coefficient (Wildman–Crippen LogP) is 3.96. The number of benzene rings is 2. The van der Waals surface area contributed by atoms with Crippen LogP contribution in [-0.4, -0.2) is 38.7 Å². The average Bonchev–Trinajstić information content (AvgIpc) is 3.39. The van der Waals surface area contributed by atoms with Crippen LogP contribution in [0.1, 0.15) is 48.3 Å². The van der Waals surface area contributed by atoms with Crippen LogP contribution in [0.4, 0.5) is 0 Å². The maximum Gasteiger partial charge on any atom is 0.310 e. The number of methoxy groups -OCH3 is 2. The van der Waals surface area contributed by atoms with Crippen molar-refractivity contribution in [2.24, 2.45) is 11.8 Å². The summed E-state index contributed by atoms with van der Waals surface area (Å²) in [6.07, 6.45) is 1.85. The molecule has 164 valence electrons. The van der Waals surface area contributed by atoms with Crippen LogP contribution in [0.15, 0.2) is 24.3 Å². The number of aromatic hydroxyl groups is 1. The molecular weight excluding hydrogens is 400 g/mol.